The van der Waals surface area contributed by atoms with Gasteiger partial charge in [0.1, 0.15) is 0 Å². The molecule has 0 atom stereocenters. The van der Waals surface area contributed by atoms with E-state index in [1.807, 2.05) is 0 Å². The van der Waals surface area contributed by atoms with E-state index in [0.29, 0.717) is 0 Å². The summed E-state index contributed by atoms with van der Waals surface area (Å²) in [6.07, 6.45) is 16.1. The summed E-state index contributed by atoms with van der Waals surface area (Å²) in [5.74, 6) is 0. The Bertz CT molecular complexity index is 1210. The number of aryl methyl sites for hydroxylation is 1. The van der Waals surface area contributed by atoms with Gasteiger partial charge in [0.15, 0.2) is 0 Å². The third-order valence-electron chi connectivity index (χ3n) is 7.78. The summed E-state index contributed by atoms with van der Waals surface area (Å²) in [4.78, 5) is 0. The normalized spacial score (nSPS) is 16.2. The molecule has 37 heavy (non-hydrogen) atoms. The van der Waals surface area contributed by atoms with Gasteiger partial charge in [0, 0.05) is 0 Å². The summed E-state index contributed by atoms with van der Waals surface area (Å²) in [5.41, 5.74) is 14.6. The predicted molar refractivity (Wildman–Crippen MR) is 150 cm³/mol. The van der Waals surface area contributed by atoms with Crippen LogP contribution in [0.3, 0.4) is 0 Å². The van der Waals surface area contributed by atoms with Crippen LogP contribution < -0.4 is 24.8 Å². The van der Waals surface area contributed by atoms with Crippen LogP contribution in [0.4, 0.5) is 0 Å². The number of rotatable bonds is 1. The monoisotopic (exact) mass is 611 g/mol. The molecule has 0 N–H and O–H groups in total. The first-order valence-corrected chi connectivity index (χ1v) is 14.8. The van der Waals surface area contributed by atoms with E-state index in [1.54, 1.807) is 27.4 Å². The molecule has 1 fully saturated rings. The van der Waals surface area contributed by atoms with Gasteiger partial charge in [-0.2, -0.15) is 6.07 Å². The Hall–Kier alpha value is -0.747. The van der Waals surface area contributed by atoms with Gasteiger partial charge < -0.3 is 24.8 Å². The molecule has 0 unspecified atom stereocenters. The molecule has 0 radical (unpaired) electrons. The molecule has 0 amide bonds. The van der Waals surface area contributed by atoms with Crippen molar-refractivity contribution in [1.29, 1.82) is 0 Å². The number of allylic oxidation sites excluding steroid dienone is 4. The molecule has 198 valence electrons. The van der Waals surface area contributed by atoms with Crippen molar-refractivity contribution < 1.29 is 49.0 Å². The van der Waals surface area contributed by atoms with Gasteiger partial charge in [-0.05, 0) is 41.7 Å². The third kappa shape index (κ3) is 7.07. The van der Waals surface area contributed by atoms with Crippen LogP contribution in [0.25, 0.3) is 16.7 Å². The van der Waals surface area contributed by atoms with Crippen LogP contribution in [0.1, 0.15) is 119 Å². The van der Waals surface area contributed by atoms with Gasteiger partial charge in [0.05, 0.1) is 0 Å². The first kappa shape index (κ1) is 32.5. The van der Waals surface area contributed by atoms with Crippen molar-refractivity contribution in [2.24, 2.45) is 0 Å². The van der Waals surface area contributed by atoms with E-state index in [9.17, 15) is 0 Å². The van der Waals surface area contributed by atoms with E-state index < -0.39 is 0 Å². The predicted octanol–water partition coefficient (Wildman–Crippen LogP) is 3.29. The average molecular weight is 614 g/mol. The fourth-order valence-corrected chi connectivity index (χ4v) is 6.71. The van der Waals surface area contributed by atoms with E-state index in [4.69, 9.17) is 0 Å². The molecule has 2 aromatic rings. The number of halogens is 2. The number of hydrogen-bond donors (Lipinski definition) is 0. The molecule has 0 bridgehead atoms. The van der Waals surface area contributed by atoms with Gasteiger partial charge in [-0.25, -0.2) is 0 Å². The minimum atomic E-state index is 0. The Balaban J connectivity index is 0.000000466. The Morgan fingerprint density at radius 2 is 1.46 bits per heavy atom. The summed E-state index contributed by atoms with van der Waals surface area (Å²) in [6, 6.07) is 8.77. The topological polar surface area (TPSA) is 0 Å². The molecule has 3 heteroatoms. The summed E-state index contributed by atoms with van der Waals surface area (Å²) in [5, 5.41) is 0. The van der Waals surface area contributed by atoms with Crippen molar-refractivity contribution >= 4 is 8.78 Å². The van der Waals surface area contributed by atoms with Crippen LogP contribution in [-0.4, -0.2) is 3.21 Å². The maximum absolute atomic E-state index is 3.91. The first-order valence-electron chi connectivity index (χ1n) is 13.5. The van der Waals surface area contributed by atoms with Gasteiger partial charge in [-0.3, -0.25) is 0 Å². The molecule has 0 saturated heterocycles. The van der Waals surface area contributed by atoms with Crippen molar-refractivity contribution in [1.82, 2.24) is 0 Å². The van der Waals surface area contributed by atoms with Crippen LogP contribution in [0.2, 0.25) is 0 Å². The molecule has 5 rings (SSSR count). The number of fused-ring (bicyclic) bond motifs is 3. The molecule has 3 aliphatic carbocycles. The second kappa shape index (κ2) is 12.6. The zero-order valence-electron chi connectivity index (χ0n) is 24.1. The molecule has 0 heterocycles. The Labute approximate surface area is 253 Å². The Morgan fingerprint density at radius 1 is 0.811 bits per heavy atom. The molecule has 0 spiro atoms. The van der Waals surface area contributed by atoms with Crippen LogP contribution >= 0.6 is 0 Å². The Morgan fingerprint density at radius 3 is 1.95 bits per heavy atom. The average Bonchev–Trinajstić information content (AvgIpc) is 3.41. The van der Waals surface area contributed by atoms with Gasteiger partial charge in [0.2, 0.25) is 0 Å². The SMILES string of the molecule is Cc1cc(C(C)(C)C)cc2c1-c1c([c-]c(C(C)(C)C)c(C3=CC=CC3)c1C)C2.[Cl-].[Cl-].[Zr+2]=[C]1CCCCC1. The quantitative estimate of drug-likeness (QED) is 0.370. The zero-order chi connectivity index (χ0) is 25.5. The van der Waals surface area contributed by atoms with Gasteiger partial charge in [0.25, 0.3) is 0 Å². The van der Waals surface area contributed by atoms with Crippen molar-refractivity contribution in [3.8, 4) is 11.1 Å². The summed E-state index contributed by atoms with van der Waals surface area (Å²) >= 11 is 1.69. The van der Waals surface area contributed by atoms with E-state index in [2.05, 4.69) is 91.8 Å². The van der Waals surface area contributed by atoms with Gasteiger partial charge >= 0.3 is 59.5 Å². The van der Waals surface area contributed by atoms with Crippen molar-refractivity contribution in [3.05, 3.63) is 75.4 Å². The summed E-state index contributed by atoms with van der Waals surface area (Å²) in [7, 11) is 0. The fraction of sp³-hybridized carbons (Fsp3) is 0.500. The van der Waals surface area contributed by atoms with Crippen molar-refractivity contribution in [2.45, 2.75) is 111 Å². The van der Waals surface area contributed by atoms with E-state index in [-0.39, 0.29) is 35.6 Å². The van der Waals surface area contributed by atoms with Crippen LogP contribution in [0, 0.1) is 19.9 Å². The fourth-order valence-electron chi connectivity index (χ4n) is 5.84. The second-order valence-corrected chi connectivity index (χ2v) is 14.6. The second-order valence-electron chi connectivity index (χ2n) is 12.8. The molecule has 1 saturated carbocycles. The molecule has 0 nitrogen and oxygen atoms in total. The standard InChI is InChI=1S/C28H33.C6H10.2ClH.Zr/c1-17-13-22(27(3,4)5)15-20-14-21-16-23(28(6,7)8)25(19-11-9-10-12-19)18(2)26(21)24(17)20;1-2-4-6-5-3-1;;;/h9-11,13,15H,12,14H2,1-8H3;1-5H2;2*1H;/q-1;;;;+2/p-2. The summed E-state index contributed by atoms with van der Waals surface area (Å²) in [6.45, 7) is 18.5. The van der Waals surface area contributed by atoms with Gasteiger partial charge in [-0.1, -0.05) is 95.5 Å². The maximum atomic E-state index is 3.91. The first-order chi connectivity index (χ1) is 16.4. The summed E-state index contributed by atoms with van der Waals surface area (Å²) < 4.78 is 1.80. The van der Waals surface area contributed by atoms with Crippen LogP contribution in [-0.2, 0) is 41.5 Å². The molecule has 3 aliphatic rings. The zero-order valence-corrected chi connectivity index (χ0v) is 28.1. The Kier molecular flexibility index (Phi) is 11.1. The third-order valence-corrected chi connectivity index (χ3v) is 9.01. The number of hydrogen-bond acceptors (Lipinski definition) is 0. The molecule has 0 aliphatic heterocycles. The van der Waals surface area contributed by atoms with E-state index >= 15 is 0 Å². The van der Waals surface area contributed by atoms with Crippen molar-refractivity contribution in [2.75, 3.05) is 0 Å². The van der Waals surface area contributed by atoms with Gasteiger partial charge in [-0.15, -0.1) is 27.8 Å². The van der Waals surface area contributed by atoms with E-state index in [0.717, 1.165) is 12.8 Å². The van der Waals surface area contributed by atoms with Crippen LogP contribution in [0.5, 0.6) is 0 Å². The van der Waals surface area contributed by atoms with Crippen molar-refractivity contribution in [3.63, 3.8) is 0 Å². The number of benzene rings is 2. The molecule has 0 aromatic heterocycles. The molecular formula is C34H43Cl2Zr-. The van der Waals surface area contributed by atoms with E-state index in [1.165, 1.54) is 87.7 Å². The van der Waals surface area contributed by atoms with Crippen LogP contribution in [0.15, 0.2) is 30.4 Å². The minimum absolute atomic E-state index is 0. The molecule has 2 aromatic carbocycles. The molecular weight excluding hydrogens is 571 g/mol.